The van der Waals surface area contributed by atoms with Crippen LogP contribution in [0.5, 0.6) is 0 Å². The molecular formula is C24H25F3N4O. The molecule has 3 aromatic rings. The number of nitrogens with one attached hydrogen (secondary N) is 1. The first-order valence-corrected chi connectivity index (χ1v) is 10.5. The van der Waals surface area contributed by atoms with Crippen molar-refractivity contribution in [1.29, 1.82) is 0 Å². The van der Waals surface area contributed by atoms with Crippen LogP contribution in [0.2, 0.25) is 0 Å². The molecule has 0 saturated carbocycles. The van der Waals surface area contributed by atoms with Crippen LogP contribution >= 0.6 is 0 Å². The van der Waals surface area contributed by atoms with Crippen molar-refractivity contribution in [3.63, 3.8) is 0 Å². The Morgan fingerprint density at radius 2 is 1.66 bits per heavy atom. The second-order valence-electron chi connectivity index (χ2n) is 8.08. The third kappa shape index (κ3) is 4.64. The molecule has 32 heavy (non-hydrogen) atoms. The van der Waals surface area contributed by atoms with E-state index in [1.807, 2.05) is 47.9 Å². The molecule has 0 aliphatic carbocycles. The van der Waals surface area contributed by atoms with E-state index in [1.54, 1.807) is 6.07 Å². The van der Waals surface area contributed by atoms with Crippen LogP contribution in [0.3, 0.4) is 0 Å². The number of aromatic amines is 1. The summed E-state index contributed by atoms with van der Waals surface area (Å²) in [6.45, 7) is 6.03. The number of hydrogen-bond acceptors (Lipinski definition) is 4. The second-order valence-corrected chi connectivity index (χ2v) is 8.08. The van der Waals surface area contributed by atoms with Gasteiger partial charge in [0.25, 0.3) is 5.56 Å². The fourth-order valence-electron chi connectivity index (χ4n) is 4.01. The van der Waals surface area contributed by atoms with Gasteiger partial charge in [-0.25, -0.2) is 4.98 Å². The summed E-state index contributed by atoms with van der Waals surface area (Å²) in [4.78, 5) is 24.2. The van der Waals surface area contributed by atoms with Gasteiger partial charge in [-0.1, -0.05) is 30.3 Å². The average molecular weight is 442 g/mol. The molecule has 168 valence electrons. The second kappa shape index (κ2) is 8.68. The fraction of sp³-hybridized carbons (Fsp3) is 0.333. The third-order valence-corrected chi connectivity index (χ3v) is 5.96. The van der Waals surface area contributed by atoms with Crippen LogP contribution in [0.25, 0.3) is 0 Å². The van der Waals surface area contributed by atoms with E-state index in [0.717, 1.165) is 17.2 Å². The molecule has 0 amide bonds. The molecule has 5 nitrogen and oxygen atoms in total. The number of aryl methyl sites for hydroxylation is 2. The zero-order valence-electron chi connectivity index (χ0n) is 18.0. The van der Waals surface area contributed by atoms with Gasteiger partial charge in [-0.3, -0.25) is 9.78 Å². The van der Waals surface area contributed by atoms with Crippen molar-refractivity contribution in [2.75, 3.05) is 36.0 Å². The fourth-order valence-corrected chi connectivity index (χ4v) is 4.01. The standard InChI is InChI=1S/C24H25F3N4O/c1-16-6-3-4-7-18(16)14-21-17(2)28-23(29-22(21)32)31-12-10-30(11-13-31)20-9-5-8-19(15-20)24(25,26)27/h3-9,15H,10-14H2,1-2H3,(H,28,29,32). The van der Waals surface area contributed by atoms with Gasteiger partial charge in [-0.05, 0) is 43.2 Å². The number of halogens is 3. The van der Waals surface area contributed by atoms with Gasteiger partial charge in [0.2, 0.25) is 5.95 Å². The minimum absolute atomic E-state index is 0.156. The van der Waals surface area contributed by atoms with Crippen molar-refractivity contribution < 1.29 is 13.2 Å². The van der Waals surface area contributed by atoms with E-state index in [-0.39, 0.29) is 5.56 Å². The Labute approximate surface area is 184 Å². The number of H-pyrrole nitrogens is 1. The highest BCUT2D eigenvalue weighted by molar-refractivity contribution is 5.51. The number of nitrogens with zero attached hydrogens (tertiary/aromatic N) is 3. The smallest absolute Gasteiger partial charge is 0.368 e. The van der Waals surface area contributed by atoms with Crippen LogP contribution in [0, 0.1) is 13.8 Å². The molecular weight excluding hydrogens is 417 g/mol. The van der Waals surface area contributed by atoms with Gasteiger partial charge in [0, 0.05) is 43.9 Å². The summed E-state index contributed by atoms with van der Waals surface area (Å²) in [6.07, 6.45) is -3.84. The van der Waals surface area contributed by atoms with Crippen LogP contribution in [0.1, 0.15) is 27.9 Å². The predicted octanol–water partition coefficient (Wildman–Crippen LogP) is 4.32. The molecule has 8 heteroatoms. The van der Waals surface area contributed by atoms with E-state index in [1.165, 1.54) is 12.1 Å². The lowest BCUT2D eigenvalue weighted by Crippen LogP contribution is -2.47. The Kier molecular flexibility index (Phi) is 5.95. The molecule has 0 unspecified atom stereocenters. The molecule has 2 heterocycles. The van der Waals surface area contributed by atoms with Gasteiger partial charge in [-0.15, -0.1) is 0 Å². The highest BCUT2D eigenvalue weighted by Gasteiger charge is 2.31. The Balaban J connectivity index is 1.47. The highest BCUT2D eigenvalue weighted by Crippen LogP contribution is 2.32. The molecule has 0 radical (unpaired) electrons. The zero-order valence-corrected chi connectivity index (χ0v) is 18.0. The maximum absolute atomic E-state index is 13.0. The topological polar surface area (TPSA) is 52.2 Å². The Hall–Kier alpha value is -3.29. The summed E-state index contributed by atoms with van der Waals surface area (Å²) in [7, 11) is 0. The lowest BCUT2D eigenvalue weighted by molar-refractivity contribution is -0.137. The van der Waals surface area contributed by atoms with Gasteiger partial charge >= 0.3 is 6.18 Å². The minimum atomic E-state index is -4.36. The normalized spacial score (nSPS) is 14.7. The molecule has 0 atom stereocenters. The van der Waals surface area contributed by atoms with Crippen LogP contribution in [0.4, 0.5) is 24.8 Å². The maximum Gasteiger partial charge on any atom is 0.416 e. The maximum atomic E-state index is 13.0. The average Bonchev–Trinajstić information content (AvgIpc) is 2.77. The first-order chi connectivity index (χ1) is 15.2. The van der Waals surface area contributed by atoms with Gasteiger partial charge < -0.3 is 9.80 Å². The zero-order chi connectivity index (χ0) is 22.9. The van der Waals surface area contributed by atoms with E-state index >= 15 is 0 Å². The van der Waals surface area contributed by atoms with Gasteiger partial charge in [0.15, 0.2) is 0 Å². The predicted molar refractivity (Wildman–Crippen MR) is 119 cm³/mol. The molecule has 4 rings (SSSR count). The minimum Gasteiger partial charge on any atom is -0.368 e. The SMILES string of the molecule is Cc1ccccc1Cc1c(C)nc(N2CCN(c3cccc(C(F)(F)F)c3)CC2)[nH]c1=O. The van der Waals surface area contributed by atoms with Crippen molar-refractivity contribution in [1.82, 2.24) is 9.97 Å². The van der Waals surface area contributed by atoms with Gasteiger partial charge in [0.1, 0.15) is 0 Å². The van der Waals surface area contributed by atoms with E-state index in [4.69, 9.17) is 0 Å². The van der Waals surface area contributed by atoms with Crippen molar-refractivity contribution in [3.05, 3.63) is 86.8 Å². The number of benzene rings is 2. The highest BCUT2D eigenvalue weighted by atomic mass is 19.4. The molecule has 1 aliphatic rings. The van der Waals surface area contributed by atoms with E-state index in [2.05, 4.69) is 9.97 Å². The molecule has 2 aromatic carbocycles. The molecule has 1 N–H and O–H groups in total. The molecule has 1 saturated heterocycles. The van der Waals surface area contributed by atoms with Crippen molar-refractivity contribution >= 4 is 11.6 Å². The Morgan fingerprint density at radius 1 is 0.969 bits per heavy atom. The number of anilines is 2. The number of piperazine rings is 1. The summed E-state index contributed by atoms with van der Waals surface area (Å²) in [5, 5.41) is 0. The lowest BCUT2D eigenvalue weighted by Gasteiger charge is -2.36. The first-order valence-electron chi connectivity index (χ1n) is 10.5. The molecule has 1 aromatic heterocycles. The van der Waals surface area contributed by atoms with Crippen LogP contribution < -0.4 is 15.4 Å². The van der Waals surface area contributed by atoms with Crippen LogP contribution in [0.15, 0.2) is 53.3 Å². The van der Waals surface area contributed by atoms with Gasteiger partial charge in [-0.2, -0.15) is 13.2 Å². The van der Waals surface area contributed by atoms with E-state index in [0.29, 0.717) is 55.5 Å². The summed E-state index contributed by atoms with van der Waals surface area (Å²) in [5.74, 6) is 0.504. The molecule has 1 fully saturated rings. The number of alkyl halides is 3. The summed E-state index contributed by atoms with van der Waals surface area (Å²) in [6, 6.07) is 13.3. The summed E-state index contributed by atoms with van der Waals surface area (Å²) in [5.41, 5.74) is 3.29. The van der Waals surface area contributed by atoms with Crippen molar-refractivity contribution in [2.45, 2.75) is 26.4 Å². The van der Waals surface area contributed by atoms with Crippen molar-refractivity contribution in [3.8, 4) is 0 Å². The number of hydrogen-bond donors (Lipinski definition) is 1. The Bertz CT molecular complexity index is 1160. The van der Waals surface area contributed by atoms with Crippen LogP contribution in [-0.4, -0.2) is 36.1 Å². The quantitative estimate of drug-likeness (QED) is 0.654. The van der Waals surface area contributed by atoms with Crippen molar-refractivity contribution in [2.24, 2.45) is 0 Å². The van der Waals surface area contributed by atoms with Gasteiger partial charge in [0.05, 0.1) is 11.3 Å². The molecule has 0 bridgehead atoms. The molecule has 1 aliphatic heterocycles. The van der Waals surface area contributed by atoms with E-state index < -0.39 is 11.7 Å². The number of rotatable bonds is 4. The summed E-state index contributed by atoms with van der Waals surface area (Å²) < 4.78 is 39.1. The van der Waals surface area contributed by atoms with E-state index in [9.17, 15) is 18.0 Å². The molecule has 0 spiro atoms. The lowest BCUT2D eigenvalue weighted by atomic mass is 10.0. The van der Waals surface area contributed by atoms with Crippen LogP contribution in [-0.2, 0) is 12.6 Å². The Morgan fingerprint density at radius 3 is 2.31 bits per heavy atom. The monoisotopic (exact) mass is 442 g/mol. The third-order valence-electron chi connectivity index (χ3n) is 5.96. The largest absolute Gasteiger partial charge is 0.416 e. The first kappa shape index (κ1) is 21.9. The summed E-state index contributed by atoms with van der Waals surface area (Å²) >= 11 is 0. The number of aromatic nitrogens is 2.